The number of ether oxygens (including phenoxy) is 1. The van der Waals surface area contributed by atoms with Gasteiger partial charge in [0.15, 0.2) is 11.7 Å². The molecule has 3 aliphatic carbocycles. The molecule has 1 saturated carbocycles. The second-order valence-electron chi connectivity index (χ2n) is 11.4. The maximum absolute atomic E-state index is 13.0. The van der Waals surface area contributed by atoms with Gasteiger partial charge in [-0.05, 0) is 36.8 Å². The standard InChI is InChI=1S/C26H30N2O2/c1-8-24(6)13-12-16-22(2,3)14-10-9-11-15-17(14)18-19(28-15)23(4,5)20-21(30-20)26(24,27-7)25(16,18)29/h8-11,16,20-21,28-29H,1,12-13H2,2-6H3/t16-,20-,21+,24+,25-,26+/m0/s1. The molecule has 2 heterocycles. The van der Waals surface area contributed by atoms with E-state index in [1.807, 2.05) is 6.08 Å². The predicted molar refractivity (Wildman–Crippen MR) is 117 cm³/mol. The van der Waals surface area contributed by atoms with Crippen molar-refractivity contribution in [1.82, 2.24) is 4.98 Å². The van der Waals surface area contributed by atoms with E-state index in [9.17, 15) is 5.11 Å². The van der Waals surface area contributed by atoms with Crippen molar-refractivity contribution in [3.05, 3.63) is 59.1 Å². The summed E-state index contributed by atoms with van der Waals surface area (Å²) in [7, 11) is 0. The van der Waals surface area contributed by atoms with Crippen LogP contribution in [-0.4, -0.2) is 27.8 Å². The second kappa shape index (κ2) is 4.87. The zero-order valence-corrected chi connectivity index (χ0v) is 18.5. The molecule has 156 valence electrons. The molecule has 1 aliphatic heterocycles. The fraction of sp³-hybridized carbons (Fsp3) is 0.577. The first kappa shape index (κ1) is 18.7. The van der Waals surface area contributed by atoms with E-state index in [0.717, 1.165) is 35.0 Å². The van der Waals surface area contributed by atoms with Gasteiger partial charge in [-0.1, -0.05) is 45.9 Å². The zero-order chi connectivity index (χ0) is 21.5. The number of nitrogens with zero attached hydrogens (tertiary/aromatic N) is 1. The van der Waals surface area contributed by atoms with Crippen molar-refractivity contribution in [2.75, 3.05) is 0 Å². The third-order valence-electron chi connectivity index (χ3n) is 9.56. The van der Waals surface area contributed by atoms with Gasteiger partial charge in [0, 0.05) is 33.5 Å². The molecule has 6 atom stereocenters. The molecule has 1 saturated heterocycles. The normalized spacial score (nSPS) is 44.0. The van der Waals surface area contributed by atoms with Crippen LogP contribution in [0.25, 0.3) is 15.7 Å². The first-order valence-corrected chi connectivity index (χ1v) is 11.1. The van der Waals surface area contributed by atoms with Crippen LogP contribution >= 0.6 is 0 Å². The van der Waals surface area contributed by atoms with E-state index in [4.69, 9.17) is 11.3 Å². The monoisotopic (exact) mass is 402 g/mol. The summed E-state index contributed by atoms with van der Waals surface area (Å²) in [5.74, 6) is -0.0708. The van der Waals surface area contributed by atoms with Gasteiger partial charge in [-0.3, -0.25) is 0 Å². The lowest BCUT2D eigenvalue weighted by Crippen LogP contribution is -2.71. The van der Waals surface area contributed by atoms with E-state index in [1.54, 1.807) is 0 Å². The van der Waals surface area contributed by atoms with Crippen LogP contribution in [-0.2, 0) is 21.2 Å². The number of aliphatic hydroxyl groups is 1. The molecule has 1 aromatic carbocycles. The van der Waals surface area contributed by atoms with Gasteiger partial charge in [-0.15, -0.1) is 6.58 Å². The number of benzene rings is 1. The Hall–Kier alpha value is -2.09. The molecule has 2 N–H and O–H groups in total. The highest BCUT2D eigenvalue weighted by Gasteiger charge is 2.86. The molecular weight excluding hydrogens is 372 g/mol. The minimum atomic E-state index is -1.31. The highest BCUT2D eigenvalue weighted by Crippen LogP contribution is 2.73. The van der Waals surface area contributed by atoms with Crippen molar-refractivity contribution < 1.29 is 9.84 Å². The molecule has 2 aromatic rings. The molecule has 0 radical (unpaired) electrons. The van der Waals surface area contributed by atoms with Gasteiger partial charge >= 0.3 is 5.54 Å². The van der Waals surface area contributed by atoms with Crippen LogP contribution in [0.15, 0.2) is 30.9 Å². The van der Waals surface area contributed by atoms with Crippen LogP contribution in [0.2, 0.25) is 0 Å². The van der Waals surface area contributed by atoms with Crippen molar-refractivity contribution in [1.29, 1.82) is 0 Å². The minimum Gasteiger partial charge on any atom is -0.377 e. The lowest BCUT2D eigenvalue weighted by molar-refractivity contribution is -0.167. The van der Waals surface area contributed by atoms with Gasteiger partial charge in [0.2, 0.25) is 0 Å². The number of nitrogens with one attached hydrogen (secondary N) is 1. The Kier molecular flexibility index (Phi) is 3.03. The van der Waals surface area contributed by atoms with Crippen LogP contribution in [0.3, 0.4) is 0 Å². The van der Waals surface area contributed by atoms with E-state index in [-0.39, 0.29) is 29.0 Å². The maximum atomic E-state index is 13.0. The van der Waals surface area contributed by atoms with Crippen LogP contribution in [0, 0.1) is 17.9 Å². The highest BCUT2D eigenvalue weighted by molar-refractivity contribution is 5.92. The molecule has 4 aliphatic rings. The van der Waals surface area contributed by atoms with Crippen molar-refractivity contribution in [2.24, 2.45) is 11.3 Å². The third-order valence-corrected chi connectivity index (χ3v) is 9.56. The molecule has 1 aromatic heterocycles. The smallest absolute Gasteiger partial charge is 0.301 e. The Balaban J connectivity index is 1.88. The van der Waals surface area contributed by atoms with Gasteiger partial charge < -0.3 is 19.7 Å². The number of hydrogen-bond acceptors (Lipinski definition) is 2. The zero-order valence-electron chi connectivity index (χ0n) is 18.5. The van der Waals surface area contributed by atoms with Crippen LogP contribution in [0.4, 0.5) is 0 Å². The Morgan fingerprint density at radius 1 is 1.20 bits per heavy atom. The molecule has 30 heavy (non-hydrogen) atoms. The molecule has 0 spiro atoms. The van der Waals surface area contributed by atoms with Gasteiger partial charge in [0.05, 0.1) is 5.41 Å². The van der Waals surface area contributed by atoms with Crippen molar-refractivity contribution in [3.8, 4) is 0 Å². The molecule has 0 bridgehead atoms. The average Bonchev–Trinajstić information content (AvgIpc) is 3.40. The number of rotatable bonds is 1. The van der Waals surface area contributed by atoms with Gasteiger partial charge in [0.1, 0.15) is 6.10 Å². The fourth-order valence-corrected chi connectivity index (χ4v) is 7.83. The van der Waals surface area contributed by atoms with Crippen LogP contribution < -0.4 is 0 Å². The van der Waals surface area contributed by atoms with E-state index < -0.39 is 16.6 Å². The minimum absolute atomic E-state index is 0.0708. The van der Waals surface area contributed by atoms with Crippen molar-refractivity contribution in [3.63, 3.8) is 0 Å². The molecule has 2 fully saturated rings. The predicted octanol–water partition coefficient (Wildman–Crippen LogP) is 4.97. The third kappa shape index (κ3) is 1.55. The average molecular weight is 403 g/mol. The summed E-state index contributed by atoms with van der Waals surface area (Å²) in [6.45, 7) is 23.7. The maximum Gasteiger partial charge on any atom is 0.301 e. The summed E-state index contributed by atoms with van der Waals surface area (Å²) < 4.78 is 6.35. The fourth-order valence-electron chi connectivity index (χ4n) is 7.83. The lowest BCUT2D eigenvalue weighted by Gasteiger charge is -2.59. The summed E-state index contributed by atoms with van der Waals surface area (Å²) in [5, 5.41) is 14.2. The number of hydrogen-bond donors (Lipinski definition) is 2. The SMILES string of the molecule is [C-]#[N+][C@@]12[C@@H]3O[C@@H]3C(C)(C)c3[nH]c4cccc5c4c3[C@@]1(O)[C@@H](CC[C@@]2(C)C=C)C5(C)C. The second-order valence-corrected chi connectivity index (χ2v) is 11.4. The summed E-state index contributed by atoms with van der Waals surface area (Å²) in [6, 6.07) is 6.43. The Morgan fingerprint density at radius 2 is 1.93 bits per heavy atom. The largest absolute Gasteiger partial charge is 0.377 e. The number of epoxide rings is 1. The lowest BCUT2D eigenvalue weighted by atomic mass is 9.43. The highest BCUT2D eigenvalue weighted by atomic mass is 16.6. The quantitative estimate of drug-likeness (QED) is 0.402. The van der Waals surface area contributed by atoms with Gasteiger partial charge in [-0.25, -0.2) is 6.57 Å². The molecular formula is C26H30N2O2. The number of aromatic nitrogens is 1. The summed E-state index contributed by atoms with van der Waals surface area (Å²) in [6.07, 6.45) is 3.19. The Bertz CT molecular complexity index is 1180. The van der Waals surface area contributed by atoms with E-state index >= 15 is 0 Å². The van der Waals surface area contributed by atoms with Crippen molar-refractivity contribution in [2.45, 2.75) is 81.6 Å². The summed E-state index contributed by atoms with van der Waals surface area (Å²) >= 11 is 0. The van der Waals surface area contributed by atoms with Crippen LogP contribution in [0.1, 0.15) is 64.3 Å². The summed E-state index contributed by atoms with van der Waals surface area (Å²) in [5.41, 5.74) is 0.791. The molecule has 4 heteroatoms. The van der Waals surface area contributed by atoms with E-state index in [0.29, 0.717) is 0 Å². The van der Waals surface area contributed by atoms with E-state index in [2.05, 4.69) is 69.2 Å². The Morgan fingerprint density at radius 3 is 2.60 bits per heavy atom. The molecule has 4 nitrogen and oxygen atoms in total. The Labute approximate surface area is 178 Å². The number of aromatic amines is 1. The van der Waals surface area contributed by atoms with E-state index in [1.165, 1.54) is 5.56 Å². The molecule has 0 amide bonds. The molecule has 6 rings (SSSR count). The van der Waals surface area contributed by atoms with Gasteiger partial charge in [0.25, 0.3) is 0 Å². The first-order chi connectivity index (χ1) is 14.0. The number of fused-ring (bicyclic) bond motifs is 2. The topological polar surface area (TPSA) is 52.9 Å². The van der Waals surface area contributed by atoms with Crippen molar-refractivity contribution >= 4 is 10.9 Å². The van der Waals surface area contributed by atoms with Gasteiger partial charge in [-0.2, -0.15) is 0 Å². The first-order valence-electron chi connectivity index (χ1n) is 11.1. The van der Waals surface area contributed by atoms with Crippen LogP contribution in [0.5, 0.6) is 0 Å². The summed E-state index contributed by atoms with van der Waals surface area (Å²) in [4.78, 5) is 8.05. The molecule has 0 unspecified atom stereocenters. The number of H-pyrrole nitrogens is 1.